The summed E-state index contributed by atoms with van der Waals surface area (Å²) < 4.78 is 14.7. The number of rotatable bonds is 4. The summed E-state index contributed by atoms with van der Waals surface area (Å²) in [7, 11) is 1.76. The lowest BCUT2D eigenvalue weighted by Gasteiger charge is -2.04. The number of benzene rings is 1. The van der Waals surface area contributed by atoms with Gasteiger partial charge in [0.25, 0.3) is 5.69 Å². The number of hydrogen-bond donors (Lipinski definition) is 1. The first-order valence-electron chi connectivity index (χ1n) is 5.21. The van der Waals surface area contributed by atoms with Crippen LogP contribution in [0.15, 0.2) is 30.6 Å². The van der Waals surface area contributed by atoms with Crippen molar-refractivity contribution in [1.82, 2.24) is 9.78 Å². The monoisotopic (exact) mass is 250 g/mol. The smallest absolute Gasteiger partial charge is 0.274 e. The third-order valence-electron chi connectivity index (χ3n) is 2.43. The lowest BCUT2D eigenvalue weighted by molar-refractivity contribution is -0.385. The quantitative estimate of drug-likeness (QED) is 0.666. The first-order chi connectivity index (χ1) is 8.56. The molecule has 0 aliphatic rings. The second-order valence-corrected chi connectivity index (χ2v) is 3.79. The van der Waals surface area contributed by atoms with Gasteiger partial charge in [-0.25, -0.2) is 4.39 Å². The first-order valence-corrected chi connectivity index (χ1v) is 5.21. The van der Waals surface area contributed by atoms with Gasteiger partial charge in [0, 0.05) is 25.9 Å². The normalized spacial score (nSPS) is 10.3. The van der Waals surface area contributed by atoms with E-state index in [-0.39, 0.29) is 12.2 Å². The van der Waals surface area contributed by atoms with E-state index < -0.39 is 10.7 Å². The van der Waals surface area contributed by atoms with E-state index in [0.29, 0.717) is 5.56 Å². The summed E-state index contributed by atoms with van der Waals surface area (Å²) in [5.74, 6) is -0.497. The second-order valence-electron chi connectivity index (χ2n) is 3.79. The first kappa shape index (κ1) is 12.0. The maximum absolute atomic E-state index is 13.1. The van der Waals surface area contributed by atoms with Crippen molar-refractivity contribution in [2.45, 2.75) is 6.54 Å². The number of nitrogens with zero attached hydrogens (tertiary/aromatic N) is 3. The van der Waals surface area contributed by atoms with Crippen LogP contribution in [0, 0.1) is 15.9 Å². The van der Waals surface area contributed by atoms with E-state index in [4.69, 9.17) is 0 Å². The van der Waals surface area contributed by atoms with Crippen molar-refractivity contribution in [1.29, 1.82) is 0 Å². The van der Waals surface area contributed by atoms with Gasteiger partial charge in [-0.05, 0) is 12.1 Å². The fraction of sp³-hybridized carbons (Fsp3) is 0.182. The van der Waals surface area contributed by atoms with Crippen molar-refractivity contribution in [3.8, 4) is 0 Å². The van der Waals surface area contributed by atoms with E-state index in [2.05, 4.69) is 10.4 Å². The highest BCUT2D eigenvalue weighted by Gasteiger charge is 2.14. The number of aromatic nitrogens is 2. The summed E-state index contributed by atoms with van der Waals surface area (Å²) in [6.07, 6.45) is 3.32. The Morgan fingerprint density at radius 1 is 1.56 bits per heavy atom. The van der Waals surface area contributed by atoms with Crippen LogP contribution in [-0.4, -0.2) is 14.7 Å². The second kappa shape index (κ2) is 4.82. The molecule has 2 rings (SSSR count). The van der Waals surface area contributed by atoms with Gasteiger partial charge in [0.15, 0.2) is 0 Å². The van der Waals surface area contributed by atoms with Crippen LogP contribution in [0.25, 0.3) is 0 Å². The summed E-state index contributed by atoms with van der Waals surface area (Å²) in [5.41, 5.74) is 0.910. The van der Waals surface area contributed by atoms with Crippen LogP contribution in [0.4, 0.5) is 15.8 Å². The minimum Gasteiger partial charge on any atom is -0.378 e. The van der Waals surface area contributed by atoms with Gasteiger partial charge in [-0.2, -0.15) is 5.10 Å². The molecule has 2 aromatic rings. The van der Waals surface area contributed by atoms with E-state index in [1.165, 1.54) is 0 Å². The lowest BCUT2D eigenvalue weighted by Crippen LogP contribution is -2.03. The molecule has 0 saturated heterocycles. The van der Waals surface area contributed by atoms with Gasteiger partial charge < -0.3 is 5.32 Å². The van der Waals surface area contributed by atoms with Crippen molar-refractivity contribution < 1.29 is 9.31 Å². The van der Waals surface area contributed by atoms with Gasteiger partial charge in [-0.1, -0.05) is 0 Å². The molecule has 0 fully saturated rings. The van der Waals surface area contributed by atoms with Crippen LogP contribution < -0.4 is 5.32 Å². The van der Waals surface area contributed by atoms with Crippen LogP contribution in [0.5, 0.6) is 0 Å². The van der Waals surface area contributed by atoms with Gasteiger partial charge >= 0.3 is 0 Å². The predicted octanol–water partition coefficient (Wildman–Crippen LogP) is 2.08. The maximum atomic E-state index is 13.1. The molecule has 94 valence electrons. The van der Waals surface area contributed by atoms with Gasteiger partial charge in [-0.3, -0.25) is 14.8 Å². The minimum atomic E-state index is -0.528. The van der Waals surface area contributed by atoms with Crippen LogP contribution in [0.3, 0.4) is 0 Å². The number of aryl methyl sites for hydroxylation is 1. The van der Waals surface area contributed by atoms with Crippen LogP contribution >= 0.6 is 0 Å². The van der Waals surface area contributed by atoms with E-state index >= 15 is 0 Å². The zero-order chi connectivity index (χ0) is 13.1. The Bertz CT molecular complexity index is 582. The summed E-state index contributed by atoms with van der Waals surface area (Å²) in [6.45, 7) is 0.166. The number of anilines is 1. The zero-order valence-electron chi connectivity index (χ0n) is 9.63. The number of nitro benzene ring substituents is 1. The van der Waals surface area contributed by atoms with Crippen molar-refractivity contribution in [3.05, 3.63) is 52.1 Å². The highest BCUT2D eigenvalue weighted by atomic mass is 19.1. The third-order valence-corrected chi connectivity index (χ3v) is 2.43. The minimum absolute atomic E-state index is 0.104. The van der Waals surface area contributed by atoms with Gasteiger partial charge in [0.1, 0.15) is 5.82 Å². The molecule has 0 aliphatic heterocycles. The SMILES string of the molecule is Cn1cc(NCc2cc(F)ccc2[N+](=O)[O-])cn1. The molecular formula is C11H11FN4O2. The molecule has 7 heteroatoms. The molecule has 0 amide bonds. The average molecular weight is 250 g/mol. The highest BCUT2D eigenvalue weighted by molar-refractivity contribution is 5.45. The van der Waals surface area contributed by atoms with E-state index in [9.17, 15) is 14.5 Å². The molecule has 0 spiro atoms. The highest BCUT2D eigenvalue weighted by Crippen LogP contribution is 2.20. The van der Waals surface area contributed by atoms with Crippen LogP contribution in [0.2, 0.25) is 0 Å². The summed E-state index contributed by atoms with van der Waals surface area (Å²) >= 11 is 0. The molecule has 1 aromatic heterocycles. The summed E-state index contributed by atoms with van der Waals surface area (Å²) in [6, 6.07) is 3.39. The molecule has 6 nitrogen and oxygen atoms in total. The topological polar surface area (TPSA) is 73.0 Å². The average Bonchev–Trinajstić information content (AvgIpc) is 2.72. The lowest BCUT2D eigenvalue weighted by atomic mass is 10.1. The van der Waals surface area contributed by atoms with Crippen LogP contribution in [0.1, 0.15) is 5.56 Å². The number of hydrogen-bond acceptors (Lipinski definition) is 4. The molecular weight excluding hydrogens is 239 g/mol. The zero-order valence-corrected chi connectivity index (χ0v) is 9.63. The van der Waals surface area contributed by atoms with Gasteiger partial charge in [0.2, 0.25) is 0 Å². The molecule has 0 radical (unpaired) electrons. The Morgan fingerprint density at radius 2 is 2.33 bits per heavy atom. The predicted molar refractivity (Wildman–Crippen MR) is 63.6 cm³/mol. The van der Waals surface area contributed by atoms with Crippen molar-refractivity contribution in [3.63, 3.8) is 0 Å². The standard InChI is InChI=1S/C11H11FN4O2/c1-15-7-10(6-14-15)13-5-8-4-9(12)2-3-11(8)16(17)18/h2-4,6-7,13H,5H2,1H3. The molecule has 0 bridgehead atoms. The Kier molecular flexibility index (Phi) is 3.22. The molecule has 1 aromatic carbocycles. The Balaban J connectivity index is 2.17. The molecule has 1 heterocycles. The molecule has 1 N–H and O–H groups in total. The van der Waals surface area contributed by atoms with Crippen molar-refractivity contribution in [2.24, 2.45) is 7.05 Å². The maximum Gasteiger partial charge on any atom is 0.274 e. The Morgan fingerprint density at radius 3 is 2.94 bits per heavy atom. The van der Waals surface area contributed by atoms with E-state index in [1.807, 2.05) is 0 Å². The fourth-order valence-corrected chi connectivity index (χ4v) is 1.58. The van der Waals surface area contributed by atoms with Crippen LogP contribution in [-0.2, 0) is 13.6 Å². The Labute approximate surface area is 102 Å². The number of nitrogens with one attached hydrogen (secondary N) is 1. The summed E-state index contributed by atoms with van der Waals surface area (Å²) in [4.78, 5) is 10.3. The van der Waals surface area contributed by atoms with E-state index in [1.54, 1.807) is 24.1 Å². The third kappa shape index (κ3) is 2.62. The fourth-order valence-electron chi connectivity index (χ4n) is 1.58. The van der Waals surface area contributed by atoms with Gasteiger partial charge in [-0.15, -0.1) is 0 Å². The molecule has 0 unspecified atom stereocenters. The largest absolute Gasteiger partial charge is 0.378 e. The molecule has 0 aliphatic carbocycles. The van der Waals surface area contributed by atoms with E-state index in [0.717, 1.165) is 23.9 Å². The molecule has 0 saturated carbocycles. The molecule has 18 heavy (non-hydrogen) atoms. The Hall–Kier alpha value is -2.44. The van der Waals surface area contributed by atoms with Crippen molar-refractivity contribution >= 4 is 11.4 Å². The van der Waals surface area contributed by atoms with Gasteiger partial charge in [0.05, 0.1) is 22.4 Å². The molecule has 0 atom stereocenters. The van der Waals surface area contributed by atoms with Crippen molar-refractivity contribution in [2.75, 3.05) is 5.32 Å². The number of halogens is 1. The number of nitro groups is 1. The summed E-state index contributed by atoms with van der Waals surface area (Å²) in [5, 5.41) is 17.7.